The molecular weight excluding hydrogens is 590 g/mol. The molecule has 8 nitrogen and oxygen atoms in total. The molecule has 0 heterocycles. The first-order valence-corrected chi connectivity index (χ1v) is 15.0. The van der Waals surface area contributed by atoms with E-state index in [-0.39, 0.29) is 17.9 Å². The highest BCUT2D eigenvalue weighted by molar-refractivity contribution is 6.16. The molecule has 12 heteroatoms. The topological polar surface area (TPSA) is 122 Å². The summed E-state index contributed by atoms with van der Waals surface area (Å²) in [6, 6.07) is 7.14. The van der Waals surface area contributed by atoms with Crippen LogP contribution in [0.2, 0.25) is 0 Å². The lowest BCUT2D eigenvalue weighted by Crippen LogP contribution is -2.35. The van der Waals surface area contributed by atoms with Crippen molar-refractivity contribution >= 4 is 17.3 Å². The summed E-state index contributed by atoms with van der Waals surface area (Å²) in [5.74, 6) is -3.56. The Hall–Kier alpha value is -4.11. The van der Waals surface area contributed by atoms with Gasteiger partial charge in [-0.05, 0) is 80.4 Å². The molecule has 0 radical (unpaired) electrons. The Kier molecular flexibility index (Phi) is 14.8. The van der Waals surface area contributed by atoms with Gasteiger partial charge in [-0.25, -0.2) is 8.78 Å². The van der Waals surface area contributed by atoms with Gasteiger partial charge in [0.05, 0.1) is 23.2 Å². The van der Waals surface area contributed by atoms with Crippen molar-refractivity contribution < 1.29 is 31.8 Å². The van der Waals surface area contributed by atoms with Crippen LogP contribution in [0.25, 0.3) is 0 Å². The van der Waals surface area contributed by atoms with Crippen LogP contribution in [-0.2, 0) is 16.0 Å². The number of carbonyl (C=O) groups excluding carboxylic acids is 1. The van der Waals surface area contributed by atoms with Gasteiger partial charge in [-0.15, -0.1) is 0 Å². The number of nitrogens with two attached hydrogens (primary N) is 1. The molecule has 0 aliphatic heterocycles. The van der Waals surface area contributed by atoms with E-state index < -0.39 is 31.7 Å². The number of aliphatic imine (C=N–C) groups is 1. The van der Waals surface area contributed by atoms with E-state index in [9.17, 15) is 27.6 Å². The maximum atomic E-state index is 13.4. The number of nitriles is 1. The van der Waals surface area contributed by atoms with Gasteiger partial charge in [0.15, 0.2) is 6.61 Å². The molecule has 0 atom stereocenters. The molecule has 246 valence electrons. The summed E-state index contributed by atoms with van der Waals surface area (Å²) in [5, 5.41) is 15.5. The van der Waals surface area contributed by atoms with Gasteiger partial charge in [0, 0.05) is 24.7 Å². The number of aryl methyl sites for hydroxylation is 1. The Bertz CT molecular complexity index is 1370. The van der Waals surface area contributed by atoms with Crippen molar-refractivity contribution in [3.8, 4) is 11.8 Å². The van der Waals surface area contributed by atoms with Gasteiger partial charge in [-0.3, -0.25) is 9.79 Å². The van der Waals surface area contributed by atoms with Crippen LogP contribution in [0.3, 0.4) is 0 Å². The number of benzene rings is 1. The fourth-order valence-corrected chi connectivity index (χ4v) is 4.18. The van der Waals surface area contributed by atoms with Crippen LogP contribution in [-0.4, -0.2) is 43.9 Å². The van der Waals surface area contributed by atoms with Gasteiger partial charge in [0.2, 0.25) is 0 Å². The number of allylic oxidation sites excluding steroid dienone is 4. The minimum absolute atomic E-state index is 0.0749. The molecule has 1 aromatic carbocycles. The molecule has 4 N–H and O–H groups in total. The fraction of sp³-hybridized carbons (Fsp3) is 0.485. The predicted octanol–water partition coefficient (Wildman–Crippen LogP) is 7.32. The molecule has 1 aliphatic carbocycles. The second-order valence-electron chi connectivity index (χ2n) is 10.6. The Morgan fingerprint density at radius 2 is 1.96 bits per heavy atom. The van der Waals surface area contributed by atoms with Crippen LogP contribution in [0.15, 0.2) is 69.7 Å². The predicted molar refractivity (Wildman–Crippen MR) is 168 cm³/mol. The van der Waals surface area contributed by atoms with Gasteiger partial charge in [-0.2, -0.15) is 14.0 Å². The Balaban J connectivity index is 2.53. The van der Waals surface area contributed by atoms with Crippen molar-refractivity contribution in [2.45, 2.75) is 85.2 Å². The number of halogens is 4. The summed E-state index contributed by atoms with van der Waals surface area (Å²) in [7, 11) is 0. The van der Waals surface area contributed by atoms with E-state index in [0.29, 0.717) is 53.3 Å². The van der Waals surface area contributed by atoms with E-state index in [2.05, 4.69) is 33.0 Å². The molecule has 0 bridgehead atoms. The van der Waals surface area contributed by atoms with Gasteiger partial charge in [0.1, 0.15) is 18.1 Å². The van der Waals surface area contributed by atoms with Gasteiger partial charge in [-0.1, -0.05) is 32.9 Å². The molecule has 45 heavy (non-hydrogen) atoms. The van der Waals surface area contributed by atoms with E-state index in [4.69, 9.17) is 10.5 Å². The summed E-state index contributed by atoms with van der Waals surface area (Å²) in [5.41, 5.74) is 11.0. The zero-order chi connectivity index (χ0) is 33.6. The van der Waals surface area contributed by atoms with Crippen LogP contribution in [0.4, 0.5) is 23.2 Å². The van der Waals surface area contributed by atoms with Crippen molar-refractivity contribution in [3.05, 3.63) is 70.2 Å². The largest absolute Gasteiger partial charge is 0.487 e. The van der Waals surface area contributed by atoms with Crippen molar-refractivity contribution in [1.82, 2.24) is 5.32 Å². The third-order valence-electron chi connectivity index (χ3n) is 6.63. The molecule has 1 amide bonds. The van der Waals surface area contributed by atoms with Crippen LogP contribution in [0.5, 0.6) is 5.75 Å². The number of hydrogen-bond donors (Lipinski definition) is 3. The van der Waals surface area contributed by atoms with Gasteiger partial charge < -0.3 is 25.8 Å². The zero-order valence-electron chi connectivity index (χ0n) is 26.4. The quantitative estimate of drug-likeness (QED) is 0.0636. The zero-order valence-corrected chi connectivity index (χ0v) is 26.4. The number of anilines is 1. The van der Waals surface area contributed by atoms with E-state index in [1.165, 1.54) is 0 Å². The molecule has 0 aromatic heterocycles. The number of nitrogens with one attached hydrogen (secondary N) is 2. The third-order valence-corrected chi connectivity index (χ3v) is 6.63. The van der Waals surface area contributed by atoms with Gasteiger partial charge in [0.25, 0.3) is 11.8 Å². The minimum atomic E-state index is -3.15. The normalized spacial score (nSPS) is 14.1. The Morgan fingerprint density at radius 3 is 2.51 bits per heavy atom. The first-order valence-electron chi connectivity index (χ1n) is 15.0. The second kappa shape index (κ2) is 18.0. The standard InChI is InChI=1S/C33H43F4N5O3/c1-6-9-10-22(18-38)12-11-21(4)28(39)30(42-27(43)19-44-32(34)35)31(40-8-3)29(24-13-14-24)41-26-16-15-25(17-23(26)7-2)45-20-33(5,36)37/h10,15-17,32,41H,4,6-9,11-14,19-20,39H2,1-3,5H3,(H,42,43)/b22-10+,30-28?,40-31?. The highest BCUT2D eigenvalue weighted by Crippen LogP contribution is 2.36. The van der Waals surface area contributed by atoms with E-state index in [1.807, 2.05) is 19.9 Å². The number of rotatable bonds is 19. The van der Waals surface area contributed by atoms with Crippen LogP contribution >= 0.6 is 0 Å². The number of alkyl halides is 4. The SMILES string of the molecule is C=C(CC/C(C#N)=C\CCC)C(N)=C(NC(=O)COC(F)F)C(=NCC)C(Nc1ccc(OCC(C)(F)F)cc1CC)=C1CC1. The molecule has 0 unspecified atom stereocenters. The lowest BCUT2D eigenvalue weighted by Gasteiger charge is -2.22. The lowest BCUT2D eigenvalue weighted by molar-refractivity contribution is -0.151. The maximum Gasteiger partial charge on any atom is 0.345 e. The summed E-state index contributed by atoms with van der Waals surface area (Å²) in [4.78, 5) is 17.4. The first kappa shape index (κ1) is 37.1. The van der Waals surface area contributed by atoms with Crippen LogP contribution < -0.4 is 21.1 Å². The van der Waals surface area contributed by atoms with Crippen molar-refractivity contribution in [3.63, 3.8) is 0 Å². The third kappa shape index (κ3) is 12.8. The average Bonchev–Trinajstić information content (AvgIpc) is 3.84. The summed E-state index contributed by atoms with van der Waals surface area (Å²) >= 11 is 0. The van der Waals surface area contributed by atoms with Crippen molar-refractivity contribution in [2.24, 2.45) is 10.7 Å². The smallest absolute Gasteiger partial charge is 0.345 e. The number of amides is 1. The summed E-state index contributed by atoms with van der Waals surface area (Å²) in [6.07, 6.45) is 6.19. The summed E-state index contributed by atoms with van der Waals surface area (Å²) < 4.78 is 61.7. The highest BCUT2D eigenvalue weighted by Gasteiger charge is 2.28. The molecule has 2 rings (SSSR count). The van der Waals surface area contributed by atoms with E-state index in [1.54, 1.807) is 25.1 Å². The van der Waals surface area contributed by atoms with Gasteiger partial charge >= 0.3 is 6.61 Å². The molecular formula is C33H43F4N5O3. The summed E-state index contributed by atoms with van der Waals surface area (Å²) in [6.45, 7) is 6.03. The maximum absolute atomic E-state index is 13.4. The molecule has 1 aliphatic rings. The Morgan fingerprint density at radius 1 is 1.24 bits per heavy atom. The average molecular weight is 634 g/mol. The Labute approximate surface area is 262 Å². The number of ether oxygens (including phenoxy) is 2. The number of unbranched alkanes of at least 4 members (excludes halogenated alkanes) is 1. The lowest BCUT2D eigenvalue weighted by atomic mass is 10.00. The van der Waals surface area contributed by atoms with Crippen molar-refractivity contribution in [1.29, 1.82) is 5.26 Å². The molecule has 1 saturated carbocycles. The minimum Gasteiger partial charge on any atom is -0.487 e. The van der Waals surface area contributed by atoms with Crippen LogP contribution in [0, 0.1) is 11.3 Å². The molecule has 1 fully saturated rings. The monoisotopic (exact) mass is 633 g/mol. The molecule has 0 spiro atoms. The number of nitrogens with zero attached hydrogens (tertiary/aromatic N) is 2. The van der Waals surface area contributed by atoms with E-state index >= 15 is 0 Å². The van der Waals surface area contributed by atoms with Crippen LogP contribution in [0.1, 0.15) is 71.8 Å². The fourth-order valence-electron chi connectivity index (χ4n) is 4.18. The first-order chi connectivity index (χ1) is 21.3. The highest BCUT2D eigenvalue weighted by atomic mass is 19.3. The van der Waals surface area contributed by atoms with Crippen molar-refractivity contribution in [2.75, 3.05) is 25.1 Å². The number of hydrogen-bond acceptors (Lipinski definition) is 7. The molecule has 1 aromatic rings. The molecule has 0 saturated heterocycles. The second-order valence-corrected chi connectivity index (χ2v) is 10.6. The van der Waals surface area contributed by atoms with E-state index in [0.717, 1.165) is 43.7 Å². The number of carbonyl (C=O) groups is 1.